The van der Waals surface area contributed by atoms with Crippen molar-refractivity contribution in [1.29, 1.82) is 0 Å². The van der Waals surface area contributed by atoms with Gasteiger partial charge in [0.25, 0.3) is 6.43 Å². The number of benzene rings is 1. The number of hydrogen-bond donors (Lipinski definition) is 0. The summed E-state index contributed by atoms with van der Waals surface area (Å²) in [6.07, 6.45) is -2.49. The van der Waals surface area contributed by atoms with Crippen LogP contribution >= 0.6 is 0 Å². The molecule has 0 saturated heterocycles. The van der Waals surface area contributed by atoms with Crippen LogP contribution in [0.4, 0.5) is 8.78 Å². The molecule has 96 valence electrons. The predicted octanol–water partition coefficient (Wildman–Crippen LogP) is 2.32. The molecule has 0 aromatic heterocycles. The van der Waals surface area contributed by atoms with Gasteiger partial charge in [0.1, 0.15) is 6.61 Å². The highest BCUT2D eigenvalue weighted by molar-refractivity contribution is 7.80. The van der Waals surface area contributed by atoms with Gasteiger partial charge in [-0.25, -0.2) is 13.0 Å². The number of ether oxygens (including phenoxy) is 1. The summed E-state index contributed by atoms with van der Waals surface area (Å²) in [6.45, 7) is 1.32. The van der Waals surface area contributed by atoms with Crippen molar-refractivity contribution in [3.05, 3.63) is 29.8 Å². The Morgan fingerprint density at radius 1 is 1.24 bits per heavy atom. The fourth-order valence-corrected chi connectivity index (χ4v) is 1.77. The second kappa shape index (κ2) is 7.47. The monoisotopic (exact) mass is 264 g/mol. The first-order valence-corrected chi connectivity index (χ1v) is 6.14. The summed E-state index contributed by atoms with van der Waals surface area (Å²) in [5.41, 5.74) is 1.06. The SMILES string of the molecule is Cc1ccc(S(=O)OCCOCC(F)F)cc1. The first-order valence-electron chi connectivity index (χ1n) is 5.07. The Balaban J connectivity index is 2.23. The lowest BCUT2D eigenvalue weighted by Gasteiger charge is -2.05. The number of hydrogen-bond acceptors (Lipinski definition) is 3. The molecule has 1 aromatic rings. The van der Waals surface area contributed by atoms with E-state index in [4.69, 9.17) is 4.18 Å². The molecule has 0 spiro atoms. The Kier molecular flexibility index (Phi) is 6.25. The minimum atomic E-state index is -2.49. The normalized spacial score (nSPS) is 12.9. The zero-order chi connectivity index (χ0) is 12.7. The molecule has 0 amide bonds. The van der Waals surface area contributed by atoms with E-state index in [9.17, 15) is 13.0 Å². The van der Waals surface area contributed by atoms with Gasteiger partial charge in [0.05, 0.1) is 18.1 Å². The van der Waals surface area contributed by atoms with Crippen LogP contribution in [-0.4, -0.2) is 30.5 Å². The third kappa shape index (κ3) is 5.86. The zero-order valence-corrected chi connectivity index (χ0v) is 10.2. The molecule has 1 unspecified atom stereocenters. The maximum Gasteiger partial charge on any atom is 0.261 e. The molecule has 0 N–H and O–H groups in total. The molecule has 17 heavy (non-hydrogen) atoms. The minimum absolute atomic E-state index is 0.00193. The molecule has 6 heteroatoms. The van der Waals surface area contributed by atoms with Crippen molar-refractivity contribution in [2.24, 2.45) is 0 Å². The summed E-state index contributed by atoms with van der Waals surface area (Å²) in [5, 5.41) is 0. The van der Waals surface area contributed by atoms with Crippen molar-refractivity contribution in [3.8, 4) is 0 Å². The first kappa shape index (κ1) is 14.2. The van der Waals surface area contributed by atoms with Gasteiger partial charge in [-0.3, -0.25) is 4.18 Å². The Bertz CT molecular complexity index is 354. The van der Waals surface area contributed by atoms with E-state index in [0.29, 0.717) is 4.90 Å². The van der Waals surface area contributed by atoms with Gasteiger partial charge in [-0.1, -0.05) is 17.7 Å². The van der Waals surface area contributed by atoms with Gasteiger partial charge in [0, 0.05) is 0 Å². The van der Waals surface area contributed by atoms with Crippen LogP contribution in [0.2, 0.25) is 0 Å². The molecule has 0 radical (unpaired) electrons. The fourth-order valence-electron chi connectivity index (χ4n) is 1.06. The summed E-state index contributed by atoms with van der Waals surface area (Å²) in [7, 11) is 0. The molecule has 0 heterocycles. The van der Waals surface area contributed by atoms with Crippen molar-refractivity contribution in [1.82, 2.24) is 0 Å². The van der Waals surface area contributed by atoms with Crippen LogP contribution in [0.3, 0.4) is 0 Å². The molecule has 0 fully saturated rings. The highest BCUT2D eigenvalue weighted by Crippen LogP contribution is 2.09. The summed E-state index contributed by atoms with van der Waals surface area (Å²) in [5.74, 6) is 0. The molecule has 3 nitrogen and oxygen atoms in total. The lowest BCUT2D eigenvalue weighted by molar-refractivity contribution is 0.00887. The third-order valence-electron chi connectivity index (χ3n) is 1.88. The minimum Gasteiger partial charge on any atom is -0.373 e. The molecule has 1 aromatic carbocycles. The van der Waals surface area contributed by atoms with Crippen molar-refractivity contribution in [2.75, 3.05) is 19.8 Å². The zero-order valence-electron chi connectivity index (χ0n) is 9.40. The van der Waals surface area contributed by atoms with Gasteiger partial charge in [0.15, 0.2) is 11.1 Å². The lowest BCUT2D eigenvalue weighted by Crippen LogP contribution is -2.11. The van der Waals surface area contributed by atoms with Crippen LogP contribution in [0.1, 0.15) is 5.56 Å². The van der Waals surface area contributed by atoms with Crippen LogP contribution in [0.5, 0.6) is 0 Å². The molecular weight excluding hydrogens is 250 g/mol. The van der Waals surface area contributed by atoms with Crippen molar-refractivity contribution in [3.63, 3.8) is 0 Å². The van der Waals surface area contributed by atoms with E-state index in [2.05, 4.69) is 4.74 Å². The van der Waals surface area contributed by atoms with Crippen LogP contribution in [0.25, 0.3) is 0 Å². The van der Waals surface area contributed by atoms with Crippen molar-refractivity contribution in [2.45, 2.75) is 18.2 Å². The molecule has 0 bridgehead atoms. The van der Waals surface area contributed by atoms with Gasteiger partial charge >= 0.3 is 0 Å². The van der Waals surface area contributed by atoms with E-state index in [0.717, 1.165) is 5.56 Å². The summed E-state index contributed by atoms with van der Waals surface area (Å²) < 4.78 is 44.5. The summed E-state index contributed by atoms with van der Waals surface area (Å²) >= 11 is -1.57. The molecule has 1 rings (SSSR count). The van der Waals surface area contributed by atoms with Crippen LogP contribution in [0, 0.1) is 6.92 Å². The van der Waals surface area contributed by atoms with Gasteiger partial charge in [-0.05, 0) is 19.1 Å². The quantitative estimate of drug-likeness (QED) is 0.709. The number of halogens is 2. The maximum atomic E-state index is 11.7. The standard InChI is InChI=1S/C11H14F2O3S/c1-9-2-4-10(5-3-9)17(14)16-7-6-15-8-11(12)13/h2-5,11H,6-8H2,1H3. The molecule has 0 aliphatic rings. The smallest absolute Gasteiger partial charge is 0.261 e. The Hall–Kier alpha value is -0.850. The van der Waals surface area contributed by atoms with Gasteiger partial charge in [0.2, 0.25) is 0 Å². The highest BCUT2D eigenvalue weighted by Gasteiger charge is 2.05. The van der Waals surface area contributed by atoms with Crippen molar-refractivity contribution >= 4 is 11.1 Å². The Morgan fingerprint density at radius 2 is 1.88 bits per heavy atom. The average molecular weight is 264 g/mol. The van der Waals surface area contributed by atoms with E-state index in [1.54, 1.807) is 12.1 Å². The number of alkyl halides is 2. The van der Waals surface area contributed by atoms with E-state index in [1.807, 2.05) is 19.1 Å². The molecule has 0 aliphatic heterocycles. The van der Waals surface area contributed by atoms with Gasteiger partial charge in [-0.15, -0.1) is 0 Å². The van der Waals surface area contributed by atoms with E-state index in [-0.39, 0.29) is 13.2 Å². The topological polar surface area (TPSA) is 35.5 Å². The van der Waals surface area contributed by atoms with E-state index >= 15 is 0 Å². The number of rotatable bonds is 7. The van der Waals surface area contributed by atoms with Gasteiger partial charge in [-0.2, -0.15) is 0 Å². The summed E-state index contributed by atoms with van der Waals surface area (Å²) in [6, 6.07) is 7.05. The molecule has 1 atom stereocenters. The Labute approximate surface area is 101 Å². The third-order valence-corrected chi connectivity index (χ3v) is 2.91. The second-order valence-electron chi connectivity index (χ2n) is 3.34. The maximum absolute atomic E-state index is 11.7. The second-order valence-corrected chi connectivity index (χ2v) is 4.51. The highest BCUT2D eigenvalue weighted by atomic mass is 32.2. The average Bonchev–Trinajstić information content (AvgIpc) is 2.29. The molecule has 0 aliphatic carbocycles. The largest absolute Gasteiger partial charge is 0.373 e. The van der Waals surface area contributed by atoms with E-state index in [1.165, 1.54) is 0 Å². The van der Waals surface area contributed by atoms with Crippen LogP contribution in [-0.2, 0) is 20.0 Å². The Morgan fingerprint density at radius 3 is 2.47 bits per heavy atom. The lowest BCUT2D eigenvalue weighted by atomic mass is 10.2. The molecular formula is C11H14F2O3S. The van der Waals surface area contributed by atoms with Gasteiger partial charge < -0.3 is 4.74 Å². The predicted molar refractivity (Wildman–Crippen MR) is 60.4 cm³/mol. The van der Waals surface area contributed by atoms with Crippen molar-refractivity contribution < 1.29 is 21.9 Å². The first-order chi connectivity index (χ1) is 8.09. The van der Waals surface area contributed by atoms with E-state index < -0.39 is 24.1 Å². The molecule has 0 saturated carbocycles. The van der Waals surface area contributed by atoms with Crippen LogP contribution in [0.15, 0.2) is 29.2 Å². The fraction of sp³-hybridized carbons (Fsp3) is 0.455. The summed E-state index contributed by atoms with van der Waals surface area (Å²) in [4.78, 5) is 0.546. The number of aryl methyl sites for hydroxylation is 1. The van der Waals surface area contributed by atoms with Crippen LogP contribution < -0.4 is 0 Å².